The number of fused-ring (bicyclic) bond motifs is 1. The number of aromatic amines is 1. The molecule has 2 aromatic heterocycles. The molecule has 19 nitrogen and oxygen atoms in total. The summed E-state index contributed by atoms with van der Waals surface area (Å²) in [5.74, 6) is -2.79. The third-order valence-electron chi connectivity index (χ3n) is 5.27. The molecule has 4 heterocycles. The quantitative estimate of drug-likeness (QED) is 0.0721. The van der Waals surface area contributed by atoms with Gasteiger partial charge in [-0.15, -0.1) is 22.0 Å². The lowest BCUT2D eigenvalue weighted by Gasteiger charge is -2.56. The van der Waals surface area contributed by atoms with Crippen molar-refractivity contribution in [2.24, 2.45) is 0 Å². The van der Waals surface area contributed by atoms with Crippen LogP contribution in [0.3, 0.4) is 0 Å². The van der Waals surface area contributed by atoms with Gasteiger partial charge >= 0.3 is 16.3 Å². The van der Waals surface area contributed by atoms with Crippen molar-refractivity contribution in [1.82, 2.24) is 55.8 Å². The maximum atomic E-state index is 13.3. The number of methoxy groups -OCH3 is 1. The molecular formula is C15H19N11O8S3. The molecule has 2 aromatic rings. The fourth-order valence-corrected chi connectivity index (χ4v) is 6.77. The Hall–Kier alpha value is -3.18. The molecule has 37 heavy (non-hydrogen) atoms. The van der Waals surface area contributed by atoms with Crippen LogP contribution in [-0.4, -0.2) is 117 Å². The molecule has 5 N–H and O–H groups in total. The van der Waals surface area contributed by atoms with Gasteiger partial charge in [-0.2, -0.15) is 13.1 Å². The third kappa shape index (κ3) is 5.57. The number of hydrogen-bond acceptors (Lipinski definition) is 14. The lowest BCUT2D eigenvalue weighted by Crippen LogP contribution is -2.81. The zero-order valence-corrected chi connectivity index (χ0v) is 21.2. The van der Waals surface area contributed by atoms with E-state index in [9.17, 15) is 27.9 Å². The van der Waals surface area contributed by atoms with Crippen LogP contribution in [0.25, 0.3) is 0 Å². The number of carboxylic acids is 1. The van der Waals surface area contributed by atoms with E-state index >= 15 is 0 Å². The maximum absolute atomic E-state index is 13.3. The molecule has 0 spiro atoms. The second-order valence-electron chi connectivity index (χ2n) is 7.48. The van der Waals surface area contributed by atoms with E-state index in [1.165, 1.54) is 13.4 Å². The molecule has 22 heteroatoms. The van der Waals surface area contributed by atoms with Crippen LogP contribution in [-0.2, 0) is 36.0 Å². The zero-order chi connectivity index (χ0) is 26.8. The van der Waals surface area contributed by atoms with E-state index < -0.39 is 44.4 Å². The normalized spacial score (nSPS) is 22.4. The number of H-pyrrole nitrogens is 1. The molecule has 0 aromatic carbocycles. The highest BCUT2D eigenvalue weighted by atomic mass is 32.2. The number of rotatable bonds is 12. The van der Waals surface area contributed by atoms with Crippen molar-refractivity contribution in [1.29, 1.82) is 0 Å². The molecule has 1 unspecified atom stereocenters. The largest absolute Gasteiger partial charge is 0.477 e. The van der Waals surface area contributed by atoms with E-state index in [1.54, 1.807) is 0 Å². The topological polar surface area (TPSA) is 260 Å². The van der Waals surface area contributed by atoms with Crippen LogP contribution in [0.4, 0.5) is 0 Å². The Kier molecular flexibility index (Phi) is 7.75. The smallest absolute Gasteiger partial charge is 0.352 e. The van der Waals surface area contributed by atoms with E-state index in [4.69, 9.17) is 9.29 Å². The highest BCUT2D eigenvalue weighted by Crippen LogP contribution is 2.48. The van der Waals surface area contributed by atoms with Crippen molar-refractivity contribution < 1.29 is 37.2 Å². The minimum Gasteiger partial charge on any atom is -0.477 e. The number of nitrogens with zero attached hydrogens (tertiary/aromatic N) is 8. The van der Waals surface area contributed by atoms with E-state index in [0.29, 0.717) is 0 Å². The molecule has 0 saturated carbocycles. The second kappa shape index (κ2) is 10.7. The van der Waals surface area contributed by atoms with Crippen molar-refractivity contribution in [2.75, 3.05) is 19.4 Å². The van der Waals surface area contributed by atoms with Gasteiger partial charge in [0, 0.05) is 24.7 Å². The van der Waals surface area contributed by atoms with E-state index in [-0.39, 0.29) is 41.7 Å². The van der Waals surface area contributed by atoms with E-state index in [2.05, 4.69) is 41.5 Å². The van der Waals surface area contributed by atoms with Gasteiger partial charge in [0.05, 0.1) is 0 Å². The number of carboxylic acid groups (broad SMARTS) is 1. The number of ether oxygens (including phenoxy) is 1. The van der Waals surface area contributed by atoms with Crippen LogP contribution in [0.15, 0.2) is 22.8 Å². The van der Waals surface area contributed by atoms with Crippen molar-refractivity contribution in [3.8, 4) is 0 Å². The SMILES string of the molecule is CO[C@@]1(NC(=O)Cn2cnnn2)C(=O)N2C(C(=O)O)=C(C(CCNS(=O)(=O)O)Sc3nnn[nH]3)CS[C@H]21. The van der Waals surface area contributed by atoms with Gasteiger partial charge in [0.25, 0.3) is 11.6 Å². The fourth-order valence-electron chi connectivity index (χ4n) is 3.75. The molecule has 200 valence electrons. The van der Waals surface area contributed by atoms with Crippen molar-refractivity contribution in [3.63, 3.8) is 0 Å². The predicted molar refractivity (Wildman–Crippen MR) is 121 cm³/mol. The van der Waals surface area contributed by atoms with Crippen molar-refractivity contribution in [3.05, 3.63) is 17.6 Å². The average molecular weight is 578 g/mol. The molecule has 1 fully saturated rings. The summed E-state index contributed by atoms with van der Waals surface area (Å²) < 4.78 is 39.6. The molecule has 0 aliphatic carbocycles. The number of amides is 2. The number of carbonyl (C=O) groups is 3. The van der Waals surface area contributed by atoms with Crippen molar-refractivity contribution in [2.45, 2.75) is 34.5 Å². The number of aliphatic carboxylic acids is 1. The Morgan fingerprint density at radius 1 is 1.43 bits per heavy atom. The summed E-state index contributed by atoms with van der Waals surface area (Å²) in [7, 11) is -3.28. The third-order valence-corrected chi connectivity index (χ3v) is 8.37. The first-order valence-electron chi connectivity index (χ1n) is 10.2. The average Bonchev–Trinajstić information content (AvgIpc) is 3.54. The molecular weight excluding hydrogens is 558 g/mol. The Morgan fingerprint density at radius 3 is 2.81 bits per heavy atom. The molecule has 2 aliphatic rings. The van der Waals surface area contributed by atoms with Crippen LogP contribution < -0.4 is 10.0 Å². The number of tetrazole rings is 2. The predicted octanol–water partition coefficient (Wildman–Crippen LogP) is -3.16. The summed E-state index contributed by atoms with van der Waals surface area (Å²) in [5, 5.41) is 34.8. The first-order valence-corrected chi connectivity index (χ1v) is 13.5. The van der Waals surface area contributed by atoms with Crippen LogP contribution in [0.2, 0.25) is 0 Å². The van der Waals surface area contributed by atoms with Gasteiger partial charge in [-0.3, -0.25) is 19.0 Å². The molecule has 1 saturated heterocycles. The van der Waals surface area contributed by atoms with Gasteiger partial charge in [-0.25, -0.2) is 14.6 Å². The summed E-state index contributed by atoms with van der Waals surface area (Å²) in [6.07, 6.45) is 1.22. The molecule has 4 rings (SSSR count). The van der Waals surface area contributed by atoms with Gasteiger partial charge in [-0.05, 0) is 32.8 Å². The zero-order valence-electron chi connectivity index (χ0n) is 18.7. The van der Waals surface area contributed by atoms with Gasteiger partial charge in [-0.1, -0.05) is 11.8 Å². The van der Waals surface area contributed by atoms with Gasteiger partial charge in [0.15, 0.2) is 0 Å². The maximum Gasteiger partial charge on any atom is 0.352 e. The van der Waals surface area contributed by atoms with Crippen LogP contribution in [0, 0.1) is 0 Å². The summed E-state index contributed by atoms with van der Waals surface area (Å²) in [4.78, 5) is 39.2. The Morgan fingerprint density at radius 2 is 2.22 bits per heavy atom. The molecule has 2 amide bonds. The number of thioether (sulfide) groups is 2. The van der Waals surface area contributed by atoms with E-state index in [0.717, 1.165) is 33.1 Å². The first kappa shape index (κ1) is 26.9. The number of hydrogen-bond donors (Lipinski definition) is 5. The van der Waals surface area contributed by atoms with Crippen LogP contribution >= 0.6 is 23.5 Å². The molecule has 3 atom stereocenters. The summed E-state index contributed by atoms with van der Waals surface area (Å²) >= 11 is 2.16. The van der Waals surface area contributed by atoms with E-state index in [1.807, 2.05) is 4.72 Å². The van der Waals surface area contributed by atoms with Gasteiger partial charge in [0.2, 0.25) is 11.1 Å². The summed E-state index contributed by atoms with van der Waals surface area (Å²) in [6.45, 7) is -0.550. The summed E-state index contributed by atoms with van der Waals surface area (Å²) in [6, 6.07) is 0. The standard InChI is InChI=1S/C15H19N11O8S3/c1-34-15(18-9(27)4-25-6-16-21-24-25)12(30)26-10(11(28)29)7(5-35-13(15)26)8(2-3-17-37(31,32)33)36-14-19-22-23-20-14/h6,8,13,17H,2-5H2,1H3,(H,18,27)(H,28,29)(H,31,32,33)(H,19,20,22,23)/t8?,13-,15-/m0/s1. The Balaban J connectivity index is 1.60. The molecule has 0 radical (unpaired) electrons. The lowest BCUT2D eigenvalue weighted by molar-refractivity contribution is -0.192. The minimum absolute atomic E-state index is 0.0165. The van der Waals surface area contributed by atoms with Gasteiger partial charge < -0.3 is 15.2 Å². The highest BCUT2D eigenvalue weighted by molar-refractivity contribution is 8.01. The lowest BCUT2D eigenvalue weighted by atomic mass is 9.96. The minimum atomic E-state index is -4.49. The number of carbonyl (C=O) groups excluding carboxylic acids is 2. The second-order valence-corrected chi connectivity index (χ2v) is 11.0. The Bertz CT molecular complexity index is 1300. The number of aromatic nitrogens is 8. The van der Waals surface area contributed by atoms with Crippen LogP contribution in [0.1, 0.15) is 6.42 Å². The number of nitrogens with one attached hydrogen (secondary N) is 3. The Labute approximate surface area is 216 Å². The monoisotopic (exact) mass is 577 g/mol. The first-order chi connectivity index (χ1) is 17.6. The van der Waals surface area contributed by atoms with Crippen LogP contribution in [0.5, 0.6) is 0 Å². The summed E-state index contributed by atoms with van der Waals surface area (Å²) in [5.41, 5.74) is -1.88. The van der Waals surface area contributed by atoms with Gasteiger partial charge in [0.1, 0.15) is 23.9 Å². The molecule has 0 bridgehead atoms. The molecule has 2 aliphatic heterocycles. The fraction of sp³-hybridized carbons (Fsp3) is 0.533. The van der Waals surface area contributed by atoms with Crippen molar-refractivity contribution >= 4 is 51.6 Å². The number of β-lactam (4-membered cyclic amide) rings is 1. The highest BCUT2D eigenvalue weighted by Gasteiger charge is 2.66.